The van der Waals surface area contributed by atoms with Crippen molar-refractivity contribution in [2.45, 2.75) is 13.3 Å². The van der Waals surface area contributed by atoms with Crippen molar-refractivity contribution in [3.8, 4) is 0 Å². The number of benzene rings is 1. The van der Waals surface area contributed by atoms with E-state index in [4.69, 9.17) is 4.42 Å². The molecule has 0 fully saturated rings. The fourth-order valence-electron chi connectivity index (χ4n) is 1.64. The number of para-hydroxylation sites is 1. The molecular weight excluding hydrogens is 226 g/mol. The van der Waals surface area contributed by atoms with Gasteiger partial charge in [0.1, 0.15) is 11.3 Å². The molecule has 1 aromatic heterocycles. The van der Waals surface area contributed by atoms with E-state index >= 15 is 0 Å². The Labute approximate surface area is 94.3 Å². The zero-order valence-corrected chi connectivity index (χ0v) is 9.97. The van der Waals surface area contributed by atoms with Gasteiger partial charge in [0, 0.05) is 11.8 Å². The second kappa shape index (κ2) is 3.83. The van der Waals surface area contributed by atoms with Crippen molar-refractivity contribution in [1.29, 1.82) is 0 Å². The van der Waals surface area contributed by atoms with Crippen LogP contribution < -0.4 is 4.72 Å². The summed E-state index contributed by atoms with van der Waals surface area (Å²) in [6.45, 7) is 1.92. The lowest BCUT2D eigenvalue weighted by Gasteiger charge is -2.02. The van der Waals surface area contributed by atoms with Crippen LogP contribution in [0.25, 0.3) is 11.0 Å². The first-order valence-electron chi connectivity index (χ1n) is 4.99. The van der Waals surface area contributed by atoms with E-state index in [0.29, 0.717) is 23.5 Å². The molecule has 0 atom stereocenters. The summed E-state index contributed by atoms with van der Waals surface area (Å²) in [5, 5.41) is 0.796. The second-order valence-electron chi connectivity index (χ2n) is 3.62. The molecule has 1 heterocycles. The normalized spacial score (nSPS) is 11.9. The van der Waals surface area contributed by atoms with Crippen LogP contribution in [0, 0.1) is 0 Å². The van der Waals surface area contributed by atoms with Crippen molar-refractivity contribution in [2.75, 3.05) is 11.0 Å². The first-order valence-corrected chi connectivity index (χ1v) is 6.88. The topological polar surface area (TPSA) is 59.3 Å². The maximum Gasteiger partial charge on any atom is 0.229 e. The van der Waals surface area contributed by atoms with E-state index in [-0.39, 0.29) is 0 Å². The fraction of sp³-hybridized carbons (Fsp3) is 0.273. The molecule has 0 spiro atoms. The maximum absolute atomic E-state index is 11.3. The molecule has 4 nitrogen and oxygen atoms in total. The highest BCUT2D eigenvalue weighted by atomic mass is 32.2. The summed E-state index contributed by atoms with van der Waals surface area (Å²) in [5.74, 6) is 0.659. The summed E-state index contributed by atoms with van der Waals surface area (Å²) in [4.78, 5) is 0. The summed E-state index contributed by atoms with van der Waals surface area (Å²) in [6, 6.07) is 7.37. The third kappa shape index (κ3) is 2.04. The van der Waals surface area contributed by atoms with E-state index < -0.39 is 10.0 Å². The molecular formula is C11H13NO3S. The van der Waals surface area contributed by atoms with Crippen LogP contribution in [-0.2, 0) is 16.4 Å². The molecule has 0 amide bonds. The average molecular weight is 239 g/mol. The van der Waals surface area contributed by atoms with Crippen LogP contribution in [0.4, 0.5) is 5.69 Å². The molecule has 1 N–H and O–H groups in total. The van der Waals surface area contributed by atoms with Gasteiger partial charge in [-0.05, 0) is 12.1 Å². The lowest BCUT2D eigenvalue weighted by molar-refractivity contribution is 0.558. The standard InChI is InChI=1S/C11H13NO3S/c1-3-9-11(12-16(2,13)14)8-6-4-5-7-10(8)15-9/h4-7,12H,3H2,1-2H3. The monoisotopic (exact) mass is 239 g/mol. The number of anilines is 1. The van der Waals surface area contributed by atoms with Gasteiger partial charge >= 0.3 is 0 Å². The van der Waals surface area contributed by atoms with E-state index in [2.05, 4.69) is 4.72 Å². The van der Waals surface area contributed by atoms with Crippen LogP contribution in [0.3, 0.4) is 0 Å². The molecule has 16 heavy (non-hydrogen) atoms. The predicted octanol–water partition coefficient (Wildman–Crippen LogP) is 2.37. The van der Waals surface area contributed by atoms with Crippen LogP contribution >= 0.6 is 0 Å². The fourth-order valence-corrected chi connectivity index (χ4v) is 2.24. The van der Waals surface area contributed by atoms with Crippen molar-refractivity contribution in [3.05, 3.63) is 30.0 Å². The molecule has 0 aliphatic heterocycles. The number of hydrogen-bond acceptors (Lipinski definition) is 3. The molecule has 2 rings (SSSR count). The highest BCUT2D eigenvalue weighted by Crippen LogP contribution is 2.31. The van der Waals surface area contributed by atoms with Gasteiger partial charge in [0.05, 0.1) is 11.9 Å². The molecule has 0 saturated carbocycles. The lowest BCUT2D eigenvalue weighted by atomic mass is 10.2. The van der Waals surface area contributed by atoms with E-state index in [0.717, 1.165) is 11.6 Å². The Kier molecular flexibility index (Phi) is 2.63. The molecule has 1 aromatic carbocycles. The minimum atomic E-state index is -3.28. The van der Waals surface area contributed by atoms with E-state index in [9.17, 15) is 8.42 Å². The van der Waals surface area contributed by atoms with Gasteiger partial charge in [0.2, 0.25) is 10.0 Å². The Morgan fingerprint density at radius 2 is 2.00 bits per heavy atom. The first kappa shape index (κ1) is 11.0. The lowest BCUT2D eigenvalue weighted by Crippen LogP contribution is -2.10. The zero-order chi connectivity index (χ0) is 11.8. The van der Waals surface area contributed by atoms with Crippen molar-refractivity contribution in [3.63, 3.8) is 0 Å². The third-order valence-electron chi connectivity index (χ3n) is 2.28. The molecule has 0 radical (unpaired) electrons. The highest BCUT2D eigenvalue weighted by Gasteiger charge is 2.15. The van der Waals surface area contributed by atoms with Gasteiger partial charge in [-0.2, -0.15) is 0 Å². The van der Waals surface area contributed by atoms with Crippen LogP contribution in [0.2, 0.25) is 0 Å². The van der Waals surface area contributed by atoms with Crippen LogP contribution in [0.1, 0.15) is 12.7 Å². The van der Waals surface area contributed by atoms with Crippen molar-refractivity contribution in [1.82, 2.24) is 0 Å². The Hall–Kier alpha value is -1.49. The van der Waals surface area contributed by atoms with Gasteiger partial charge < -0.3 is 4.42 Å². The smallest absolute Gasteiger partial charge is 0.229 e. The van der Waals surface area contributed by atoms with Crippen molar-refractivity contribution < 1.29 is 12.8 Å². The second-order valence-corrected chi connectivity index (χ2v) is 5.37. The molecule has 2 aromatic rings. The molecule has 5 heteroatoms. The summed E-state index contributed by atoms with van der Waals surface area (Å²) >= 11 is 0. The molecule has 0 bridgehead atoms. The minimum absolute atomic E-state index is 0.556. The van der Waals surface area contributed by atoms with Crippen LogP contribution in [-0.4, -0.2) is 14.7 Å². The van der Waals surface area contributed by atoms with Gasteiger partial charge in [-0.15, -0.1) is 0 Å². The highest BCUT2D eigenvalue weighted by molar-refractivity contribution is 7.92. The Morgan fingerprint density at radius 1 is 1.31 bits per heavy atom. The number of furan rings is 1. The maximum atomic E-state index is 11.3. The zero-order valence-electron chi connectivity index (χ0n) is 9.15. The minimum Gasteiger partial charge on any atom is -0.459 e. The summed E-state index contributed by atoms with van der Waals surface area (Å²) < 4.78 is 30.6. The first-order chi connectivity index (χ1) is 7.51. The number of nitrogens with one attached hydrogen (secondary N) is 1. The Bertz CT molecular complexity index is 613. The number of fused-ring (bicyclic) bond motifs is 1. The molecule has 0 aliphatic rings. The summed E-state index contributed by atoms with van der Waals surface area (Å²) in [6.07, 6.45) is 1.78. The van der Waals surface area contributed by atoms with Crippen molar-refractivity contribution in [2.24, 2.45) is 0 Å². The Balaban J connectivity index is 2.65. The van der Waals surface area contributed by atoms with Gasteiger partial charge in [-0.25, -0.2) is 8.42 Å². The predicted molar refractivity (Wildman–Crippen MR) is 64.1 cm³/mol. The number of sulfonamides is 1. The van der Waals surface area contributed by atoms with Gasteiger partial charge in [0.25, 0.3) is 0 Å². The van der Waals surface area contributed by atoms with Gasteiger partial charge in [-0.1, -0.05) is 19.1 Å². The van der Waals surface area contributed by atoms with Gasteiger partial charge in [0.15, 0.2) is 0 Å². The number of aryl methyl sites for hydroxylation is 1. The third-order valence-corrected chi connectivity index (χ3v) is 2.85. The average Bonchev–Trinajstić information content (AvgIpc) is 2.55. The SMILES string of the molecule is CCc1oc2ccccc2c1NS(C)(=O)=O. The van der Waals surface area contributed by atoms with Crippen LogP contribution in [0.5, 0.6) is 0 Å². The number of hydrogen-bond donors (Lipinski definition) is 1. The van der Waals surface area contributed by atoms with Gasteiger partial charge in [-0.3, -0.25) is 4.72 Å². The van der Waals surface area contributed by atoms with E-state index in [1.807, 2.05) is 31.2 Å². The molecule has 86 valence electrons. The quantitative estimate of drug-likeness (QED) is 0.894. The van der Waals surface area contributed by atoms with E-state index in [1.54, 1.807) is 0 Å². The van der Waals surface area contributed by atoms with Crippen molar-refractivity contribution >= 4 is 26.7 Å². The Morgan fingerprint density at radius 3 is 2.62 bits per heavy atom. The molecule has 0 unspecified atom stereocenters. The largest absolute Gasteiger partial charge is 0.459 e. The van der Waals surface area contributed by atoms with E-state index in [1.165, 1.54) is 0 Å². The summed E-state index contributed by atoms with van der Waals surface area (Å²) in [7, 11) is -3.28. The van der Waals surface area contributed by atoms with Crippen LogP contribution in [0.15, 0.2) is 28.7 Å². The molecule has 0 aliphatic carbocycles. The number of rotatable bonds is 3. The molecule has 0 saturated heterocycles. The summed E-state index contributed by atoms with van der Waals surface area (Å²) in [5.41, 5.74) is 1.26.